The first kappa shape index (κ1) is 19.0. The maximum Gasteiger partial charge on any atom is 0.270 e. The van der Waals surface area contributed by atoms with Crippen molar-refractivity contribution in [3.05, 3.63) is 65.2 Å². The standard InChI is InChI=1S/C18H18FN3O4S/c19-15-4-2-1-3-13(15)10-21-18(24)16-9-12(5-7-20-16)17(23)22-14-6-8-27(25,26)11-14/h1-5,7,9,14H,6,8,10-11H2,(H,21,24)(H,22,23). The molecular formula is C18H18FN3O4S. The van der Waals surface area contributed by atoms with Crippen molar-refractivity contribution in [1.29, 1.82) is 0 Å². The summed E-state index contributed by atoms with van der Waals surface area (Å²) in [5.41, 5.74) is 0.547. The largest absolute Gasteiger partial charge is 0.348 e. The van der Waals surface area contributed by atoms with E-state index < -0.39 is 33.5 Å². The summed E-state index contributed by atoms with van der Waals surface area (Å²) in [5, 5.41) is 5.21. The summed E-state index contributed by atoms with van der Waals surface area (Å²) in [4.78, 5) is 28.5. The van der Waals surface area contributed by atoms with E-state index in [2.05, 4.69) is 15.6 Å². The first-order valence-corrected chi connectivity index (χ1v) is 10.2. The van der Waals surface area contributed by atoms with Gasteiger partial charge in [-0.15, -0.1) is 0 Å². The lowest BCUT2D eigenvalue weighted by Gasteiger charge is -2.11. The molecule has 0 aliphatic carbocycles. The topological polar surface area (TPSA) is 105 Å². The molecule has 1 aliphatic heterocycles. The molecule has 9 heteroatoms. The molecule has 1 unspecified atom stereocenters. The quantitative estimate of drug-likeness (QED) is 0.793. The maximum atomic E-state index is 13.6. The molecule has 7 nitrogen and oxygen atoms in total. The molecule has 3 rings (SSSR count). The van der Waals surface area contributed by atoms with Crippen LogP contribution in [0, 0.1) is 5.82 Å². The highest BCUT2D eigenvalue weighted by molar-refractivity contribution is 7.91. The SMILES string of the molecule is O=C(NC1CCS(=O)(=O)C1)c1ccnc(C(=O)NCc2ccccc2F)c1. The van der Waals surface area contributed by atoms with Gasteiger partial charge in [-0.1, -0.05) is 18.2 Å². The number of nitrogens with one attached hydrogen (secondary N) is 2. The summed E-state index contributed by atoms with van der Waals surface area (Å²) in [7, 11) is -3.10. The van der Waals surface area contributed by atoms with Crippen LogP contribution in [0.4, 0.5) is 4.39 Å². The second-order valence-corrected chi connectivity index (χ2v) is 8.51. The fourth-order valence-electron chi connectivity index (χ4n) is 2.78. The van der Waals surface area contributed by atoms with Crippen LogP contribution in [0.3, 0.4) is 0 Å². The van der Waals surface area contributed by atoms with Crippen molar-refractivity contribution in [2.24, 2.45) is 0 Å². The number of hydrogen-bond acceptors (Lipinski definition) is 5. The third kappa shape index (κ3) is 4.88. The van der Waals surface area contributed by atoms with Gasteiger partial charge in [-0.3, -0.25) is 14.6 Å². The molecule has 1 aromatic carbocycles. The Morgan fingerprint density at radius 1 is 1.19 bits per heavy atom. The minimum Gasteiger partial charge on any atom is -0.348 e. The molecule has 2 amide bonds. The molecule has 1 fully saturated rings. The van der Waals surface area contributed by atoms with E-state index in [1.165, 1.54) is 24.4 Å². The van der Waals surface area contributed by atoms with Gasteiger partial charge in [0.1, 0.15) is 11.5 Å². The highest BCUT2D eigenvalue weighted by atomic mass is 32.2. The van der Waals surface area contributed by atoms with Gasteiger partial charge in [0, 0.05) is 29.9 Å². The number of rotatable bonds is 5. The molecule has 2 N–H and O–H groups in total. The van der Waals surface area contributed by atoms with Gasteiger partial charge in [0.25, 0.3) is 11.8 Å². The van der Waals surface area contributed by atoms with Crippen LogP contribution < -0.4 is 10.6 Å². The number of nitrogens with zero attached hydrogens (tertiary/aromatic N) is 1. The zero-order valence-corrected chi connectivity index (χ0v) is 15.1. The Kier molecular flexibility index (Phi) is 5.50. The molecule has 0 spiro atoms. The molecule has 0 radical (unpaired) electrons. The third-order valence-electron chi connectivity index (χ3n) is 4.22. The monoisotopic (exact) mass is 391 g/mol. The van der Waals surface area contributed by atoms with Gasteiger partial charge in [-0.2, -0.15) is 0 Å². The average molecular weight is 391 g/mol. The first-order valence-electron chi connectivity index (χ1n) is 8.33. The lowest BCUT2D eigenvalue weighted by molar-refractivity contribution is 0.0941. The van der Waals surface area contributed by atoms with E-state index in [0.29, 0.717) is 12.0 Å². The van der Waals surface area contributed by atoms with E-state index in [1.54, 1.807) is 18.2 Å². The van der Waals surface area contributed by atoms with Crippen LogP contribution in [0.1, 0.15) is 32.8 Å². The van der Waals surface area contributed by atoms with Gasteiger partial charge in [0.05, 0.1) is 11.5 Å². The Balaban J connectivity index is 1.63. The van der Waals surface area contributed by atoms with Crippen molar-refractivity contribution in [2.45, 2.75) is 19.0 Å². The minimum absolute atomic E-state index is 0.0104. The Labute approximate surface area is 155 Å². The van der Waals surface area contributed by atoms with Crippen LogP contribution in [0.25, 0.3) is 0 Å². The molecule has 27 heavy (non-hydrogen) atoms. The predicted octanol–water partition coefficient (Wildman–Crippen LogP) is 1.07. The summed E-state index contributed by atoms with van der Waals surface area (Å²) in [5.74, 6) is -1.47. The molecule has 2 heterocycles. The number of halogens is 1. The van der Waals surface area contributed by atoms with Gasteiger partial charge in [0.15, 0.2) is 9.84 Å². The molecule has 1 saturated heterocycles. The Hall–Kier alpha value is -2.81. The zero-order valence-electron chi connectivity index (χ0n) is 14.3. The van der Waals surface area contributed by atoms with E-state index in [9.17, 15) is 22.4 Å². The fraction of sp³-hybridized carbons (Fsp3) is 0.278. The van der Waals surface area contributed by atoms with Crippen LogP contribution in [-0.2, 0) is 16.4 Å². The van der Waals surface area contributed by atoms with Crippen molar-refractivity contribution in [3.63, 3.8) is 0 Å². The summed E-state index contributed by atoms with van der Waals surface area (Å²) in [6.07, 6.45) is 1.69. The number of pyridine rings is 1. The molecule has 0 bridgehead atoms. The van der Waals surface area contributed by atoms with Gasteiger partial charge in [0.2, 0.25) is 0 Å². The van der Waals surface area contributed by atoms with E-state index in [0.717, 1.165) is 0 Å². The Morgan fingerprint density at radius 3 is 2.67 bits per heavy atom. The minimum atomic E-state index is -3.10. The second-order valence-electron chi connectivity index (χ2n) is 6.28. The predicted molar refractivity (Wildman–Crippen MR) is 96.3 cm³/mol. The van der Waals surface area contributed by atoms with Gasteiger partial charge in [-0.25, -0.2) is 12.8 Å². The third-order valence-corrected chi connectivity index (χ3v) is 5.99. The first-order chi connectivity index (χ1) is 12.8. The normalized spacial score (nSPS) is 18.0. The highest BCUT2D eigenvalue weighted by Gasteiger charge is 2.29. The molecule has 0 saturated carbocycles. The number of amides is 2. The number of sulfone groups is 1. The van der Waals surface area contributed by atoms with Crippen molar-refractivity contribution >= 4 is 21.7 Å². The molecule has 1 aromatic heterocycles. The number of aromatic nitrogens is 1. The zero-order chi connectivity index (χ0) is 19.4. The lowest BCUT2D eigenvalue weighted by atomic mass is 10.1. The van der Waals surface area contributed by atoms with Crippen LogP contribution in [-0.4, -0.2) is 42.8 Å². The van der Waals surface area contributed by atoms with Crippen LogP contribution in [0.15, 0.2) is 42.6 Å². The molecule has 142 valence electrons. The molecule has 1 atom stereocenters. The maximum absolute atomic E-state index is 13.6. The Bertz CT molecular complexity index is 978. The number of carbonyl (C=O) groups excluding carboxylic acids is 2. The van der Waals surface area contributed by atoms with E-state index >= 15 is 0 Å². The molecule has 1 aliphatic rings. The number of benzene rings is 1. The van der Waals surface area contributed by atoms with Crippen LogP contribution >= 0.6 is 0 Å². The van der Waals surface area contributed by atoms with Crippen molar-refractivity contribution < 1.29 is 22.4 Å². The summed E-state index contributed by atoms with van der Waals surface area (Å²) < 4.78 is 36.5. The summed E-state index contributed by atoms with van der Waals surface area (Å²) in [6, 6.07) is 8.39. The average Bonchev–Trinajstić information content (AvgIpc) is 2.99. The van der Waals surface area contributed by atoms with Gasteiger partial charge >= 0.3 is 0 Å². The number of hydrogen-bond donors (Lipinski definition) is 2. The van der Waals surface area contributed by atoms with Gasteiger partial charge < -0.3 is 10.6 Å². The smallest absolute Gasteiger partial charge is 0.270 e. The highest BCUT2D eigenvalue weighted by Crippen LogP contribution is 2.12. The van der Waals surface area contributed by atoms with E-state index in [4.69, 9.17) is 0 Å². The summed E-state index contributed by atoms with van der Waals surface area (Å²) >= 11 is 0. The fourth-order valence-corrected chi connectivity index (χ4v) is 4.45. The lowest BCUT2D eigenvalue weighted by Crippen LogP contribution is -2.35. The van der Waals surface area contributed by atoms with E-state index in [-0.39, 0.29) is 29.3 Å². The number of carbonyl (C=O) groups is 2. The Morgan fingerprint density at radius 2 is 1.96 bits per heavy atom. The van der Waals surface area contributed by atoms with Crippen molar-refractivity contribution in [2.75, 3.05) is 11.5 Å². The molecular weight excluding hydrogens is 373 g/mol. The van der Waals surface area contributed by atoms with Gasteiger partial charge in [-0.05, 0) is 24.6 Å². The molecule has 2 aromatic rings. The van der Waals surface area contributed by atoms with Crippen molar-refractivity contribution in [1.82, 2.24) is 15.6 Å². The van der Waals surface area contributed by atoms with E-state index in [1.807, 2.05) is 0 Å². The van der Waals surface area contributed by atoms with Crippen LogP contribution in [0.2, 0.25) is 0 Å². The van der Waals surface area contributed by atoms with Crippen LogP contribution in [0.5, 0.6) is 0 Å². The second kappa shape index (κ2) is 7.83. The van der Waals surface area contributed by atoms with Crippen molar-refractivity contribution in [3.8, 4) is 0 Å². The summed E-state index contributed by atoms with van der Waals surface area (Å²) in [6.45, 7) is -0.0104.